The van der Waals surface area contributed by atoms with Gasteiger partial charge in [0.1, 0.15) is 18.4 Å². The number of aromatic amines is 1. The van der Waals surface area contributed by atoms with E-state index in [1.165, 1.54) is 6.92 Å². The Morgan fingerprint density at radius 3 is 2.81 bits per heavy atom. The molecule has 2 heterocycles. The van der Waals surface area contributed by atoms with E-state index >= 15 is 0 Å². The normalized spacial score (nSPS) is 33.3. The van der Waals surface area contributed by atoms with Crippen LogP contribution in [0.3, 0.4) is 0 Å². The maximum Gasteiger partial charge on any atom is 0.347 e. The van der Waals surface area contributed by atoms with E-state index < -0.39 is 41.4 Å². The first-order valence-electron chi connectivity index (χ1n) is 5.86. The van der Waals surface area contributed by atoms with Crippen LogP contribution in [-0.4, -0.2) is 54.0 Å². The summed E-state index contributed by atoms with van der Waals surface area (Å²) in [6, 6.07) is 0. The van der Waals surface area contributed by atoms with Crippen molar-refractivity contribution < 1.29 is 20.1 Å². The number of halogens is 1. The second-order valence-corrected chi connectivity index (χ2v) is 4.76. The molecule has 1 fully saturated rings. The summed E-state index contributed by atoms with van der Waals surface area (Å²) in [6.07, 6.45) is -4.79. The monoisotopic (exact) mass is 317 g/mol. The number of aromatic nitrogens is 3. The number of aliphatic hydroxyl groups is 3. The van der Waals surface area contributed by atoms with Crippen LogP contribution in [0, 0.1) is 11.3 Å². The number of nitrogens with zero attached hydrogens (tertiary/aromatic N) is 2. The summed E-state index contributed by atoms with van der Waals surface area (Å²) < 4.78 is 5.88. The molecule has 21 heavy (non-hydrogen) atoms. The molecule has 10 heteroatoms. The topological polar surface area (TPSA) is 138 Å². The molecule has 5 atom stereocenters. The highest BCUT2D eigenvalue weighted by molar-refractivity contribution is 6.30. The first-order chi connectivity index (χ1) is 9.81. The van der Waals surface area contributed by atoms with Gasteiger partial charge in [0.05, 0.1) is 6.10 Å². The fourth-order valence-corrected chi connectivity index (χ4v) is 2.24. The quantitative estimate of drug-likeness (QED) is 0.442. The van der Waals surface area contributed by atoms with E-state index in [4.69, 9.17) is 16.3 Å². The maximum absolute atomic E-state index is 11.7. The average molecular weight is 318 g/mol. The standard InChI is InChI=1S/C11H12ClN3O6/c1-5(16)7-8(18)11(20,2-3-12)9(21-7)15-10(19)14-6(17)4-13-15/h4-5,7-9,16,18,20H,1H3,(H,14,17,19)/t5-,7+,8?,9+,11?/m0/s1. The molecule has 114 valence electrons. The molecule has 1 aromatic heterocycles. The number of hydrogen-bond acceptors (Lipinski definition) is 7. The molecule has 0 bridgehead atoms. The molecule has 1 aliphatic rings. The Bertz CT molecular complexity index is 704. The van der Waals surface area contributed by atoms with Crippen molar-refractivity contribution in [2.45, 2.75) is 37.1 Å². The predicted molar refractivity (Wildman–Crippen MR) is 69.3 cm³/mol. The number of nitrogens with one attached hydrogen (secondary N) is 1. The molecular formula is C11H12ClN3O6. The summed E-state index contributed by atoms with van der Waals surface area (Å²) in [5.74, 6) is 2.14. The van der Waals surface area contributed by atoms with Crippen molar-refractivity contribution >= 4 is 11.6 Å². The van der Waals surface area contributed by atoms with E-state index in [2.05, 4.69) is 11.0 Å². The van der Waals surface area contributed by atoms with E-state index in [1.54, 1.807) is 0 Å². The Morgan fingerprint density at radius 1 is 1.62 bits per heavy atom. The van der Waals surface area contributed by atoms with E-state index in [9.17, 15) is 24.9 Å². The summed E-state index contributed by atoms with van der Waals surface area (Å²) >= 11 is 5.27. The van der Waals surface area contributed by atoms with Crippen LogP contribution in [0.4, 0.5) is 0 Å². The van der Waals surface area contributed by atoms with Crippen LogP contribution < -0.4 is 11.2 Å². The van der Waals surface area contributed by atoms with Crippen molar-refractivity contribution in [1.82, 2.24) is 14.8 Å². The lowest BCUT2D eigenvalue weighted by molar-refractivity contribution is -0.0947. The summed E-state index contributed by atoms with van der Waals surface area (Å²) in [6.45, 7) is 1.33. The molecule has 9 nitrogen and oxygen atoms in total. The molecule has 0 radical (unpaired) electrons. The number of ether oxygens (including phenoxy) is 1. The highest BCUT2D eigenvalue weighted by Gasteiger charge is 2.57. The molecule has 2 unspecified atom stereocenters. The number of rotatable bonds is 2. The van der Waals surface area contributed by atoms with Gasteiger partial charge in [-0.1, -0.05) is 0 Å². The highest BCUT2D eigenvalue weighted by atomic mass is 35.5. The molecule has 4 N–H and O–H groups in total. The Morgan fingerprint density at radius 2 is 2.29 bits per heavy atom. The maximum atomic E-state index is 11.7. The lowest BCUT2D eigenvalue weighted by Crippen LogP contribution is -2.49. The van der Waals surface area contributed by atoms with Gasteiger partial charge < -0.3 is 20.1 Å². The zero-order chi connectivity index (χ0) is 15.8. The van der Waals surface area contributed by atoms with Crippen molar-refractivity contribution in [1.29, 1.82) is 0 Å². The molecule has 0 saturated carbocycles. The van der Waals surface area contributed by atoms with Gasteiger partial charge in [0, 0.05) is 5.38 Å². The van der Waals surface area contributed by atoms with Gasteiger partial charge in [-0.15, -0.1) is 0 Å². The molecule has 1 aromatic rings. The van der Waals surface area contributed by atoms with Gasteiger partial charge in [-0.3, -0.25) is 9.78 Å². The van der Waals surface area contributed by atoms with Gasteiger partial charge in [0.15, 0.2) is 6.23 Å². The Labute approximate surface area is 122 Å². The summed E-state index contributed by atoms with van der Waals surface area (Å²) in [4.78, 5) is 24.7. The minimum absolute atomic E-state index is 0.605. The van der Waals surface area contributed by atoms with Gasteiger partial charge in [0.2, 0.25) is 5.60 Å². The van der Waals surface area contributed by atoms with Gasteiger partial charge in [-0.25, -0.2) is 4.79 Å². The smallest absolute Gasteiger partial charge is 0.347 e. The van der Waals surface area contributed by atoms with Gasteiger partial charge in [-0.05, 0) is 24.4 Å². The zero-order valence-corrected chi connectivity index (χ0v) is 11.5. The van der Waals surface area contributed by atoms with Crippen LogP contribution in [0.15, 0.2) is 15.8 Å². The SMILES string of the molecule is C[C@H](O)[C@H]1O[C@@H](n2ncc(=O)[nH]c2=O)C(O)(C#CCl)C1O. The summed E-state index contributed by atoms with van der Waals surface area (Å²) in [5, 5.41) is 35.5. The van der Waals surface area contributed by atoms with Gasteiger partial charge in [0.25, 0.3) is 5.56 Å². The molecule has 0 spiro atoms. The van der Waals surface area contributed by atoms with Crippen LogP contribution in [0.2, 0.25) is 0 Å². The molecule has 0 aromatic carbocycles. The first kappa shape index (κ1) is 15.7. The van der Waals surface area contributed by atoms with E-state index in [0.29, 0.717) is 4.68 Å². The highest BCUT2D eigenvalue weighted by Crippen LogP contribution is 2.38. The van der Waals surface area contributed by atoms with Crippen molar-refractivity contribution in [2.24, 2.45) is 0 Å². The molecule has 1 aliphatic heterocycles. The number of aliphatic hydroxyl groups excluding tert-OH is 2. The van der Waals surface area contributed by atoms with Crippen LogP contribution >= 0.6 is 11.6 Å². The number of H-pyrrole nitrogens is 1. The lowest BCUT2D eigenvalue weighted by Gasteiger charge is -2.25. The summed E-state index contributed by atoms with van der Waals surface area (Å²) in [5.41, 5.74) is -3.99. The fourth-order valence-electron chi connectivity index (χ4n) is 2.09. The van der Waals surface area contributed by atoms with E-state index in [0.717, 1.165) is 6.20 Å². The van der Waals surface area contributed by atoms with Crippen molar-refractivity contribution in [3.05, 3.63) is 27.0 Å². The van der Waals surface area contributed by atoms with Crippen LogP contribution in [0.5, 0.6) is 0 Å². The van der Waals surface area contributed by atoms with Crippen molar-refractivity contribution in [3.63, 3.8) is 0 Å². The summed E-state index contributed by atoms with van der Waals surface area (Å²) in [7, 11) is 0. The molecule has 2 rings (SSSR count). The van der Waals surface area contributed by atoms with Crippen molar-refractivity contribution in [2.75, 3.05) is 0 Å². The third-order valence-corrected chi connectivity index (χ3v) is 3.20. The first-order valence-corrected chi connectivity index (χ1v) is 6.24. The van der Waals surface area contributed by atoms with Crippen LogP contribution in [0.1, 0.15) is 13.2 Å². The second-order valence-electron chi connectivity index (χ2n) is 4.57. The number of hydrogen-bond donors (Lipinski definition) is 4. The Hall–Kier alpha value is -1.70. The third-order valence-electron chi connectivity index (χ3n) is 3.11. The lowest BCUT2D eigenvalue weighted by atomic mass is 9.93. The third kappa shape index (κ3) is 2.59. The zero-order valence-electron chi connectivity index (χ0n) is 10.7. The average Bonchev–Trinajstić information content (AvgIpc) is 2.64. The largest absolute Gasteiger partial charge is 0.391 e. The van der Waals surface area contributed by atoms with Gasteiger partial charge in [-0.2, -0.15) is 9.78 Å². The Balaban J connectivity index is 2.56. The second kappa shape index (κ2) is 5.59. The van der Waals surface area contributed by atoms with Crippen LogP contribution in [-0.2, 0) is 4.74 Å². The van der Waals surface area contributed by atoms with Crippen LogP contribution in [0.25, 0.3) is 0 Å². The Kier molecular flexibility index (Phi) is 4.18. The minimum atomic E-state index is -2.28. The molecule has 1 saturated heterocycles. The molecule has 0 amide bonds. The minimum Gasteiger partial charge on any atom is -0.391 e. The van der Waals surface area contributed by atoms with E-state index in [-0.39, 0.29) is 0 Å². The molecular weight excluding hydrogens is 306 g/mol. The van der Waals surface area contributed by atoms with Gasteiger partial charge >= 0.3 is 5.69 Å². The predicted octanol–water partition coefficient (Wildman–Crippen LogP) is -2.50. The fraction of sp³-hybridized carbons (Fsp3) is 0.545. The van der Waals surface area contributed by atoms with Crippen molar-refractivity contribution in [3.8, 4) is 11.3 Å². The molecule has 0 aliphatic carbocycles. The van der Waals surface area contributed by atoms with E-state index in [1.807, 2.05) is 10.4 Å².